The quantitative estimate of drug-likeness (QED) is 0.267. The summed E-state index contributed by atoms with van der Waals surface area (Å²) in [6.07, 6.45) is 9.43. The first-order valence-corrected chi connectivity index (χ1v) is 13.3. The number of amides is 2. The molecule has 0 saturated carbocycles. The average Bonchev–Trinajstić information content (AvgIpc) is 2.80. The third-order valence-corrected chi connectivity index (χ3v) is 6.83. The summed E-state index contributed by atoms with van der Waals surface area (Å²) in [5.41, 5.74) is 1.90. The number of hydrogen-bond acceptors (Lipinski definition) is 6. The van der Waals surface area contributed by atoms with Crippen molar-refractivity contribution in [2.45, 2.75) is 103 Å². The van der Waals surface area contributed by atoms with Gasteiger partial charge in [0, 0.05) is 18.5 Å². The van der Waals surface area contributed by atoms with Crippen molar-refractivity contribution >= 4 is 23.5 Å². The maximum absolute atomic E-state index is 11.9. The van der Waals surface area contributed by atoms with Gasteiger partial charge in [-0.3, -0.25) is 19.7 Å². The van der Waals surface area contributed by atoms with E-state index in [1.54, 1.807) is 0 Å². The molecular weight excluding hydrogens is 442 g/mol. The lowest BCUT2D eigenvalue weighted by molar-refractivity contribution is -0.155. The van der Waals surface area contributed by atoms with Crippen molar-refractivity contribution in [3.05, 3.63) is 29.8 Å². The molecule has 194 valence electrons. The molecule has 2 N–H and O–H groups in total. The van der Waals surface area contributed by atoms with Gasteiger partial charge in [0.15, 0.2) is 0 Å². The predicted octanol–water partition coefficient (Wildman–Crippen LogP) is 4.77. The molecule has 0 aromatic heterocycles. The van der Waals surface area contributed by atoms with Crippen LogP contribution in [0.1, 0.15) is 96.5 Å². The van der Waals surface area contributed by atoms with Crippen LogP contribution >= 0.6 is 0 Å². The molecule has 0 spiro atoms. The minimum absolute atomic E-state index is 0.0828. The topological polar surface area (TPSA) is 87.7 Å². The number of ether oxygens (including phenoxy) is 1. The zero-order valence-electron chi connectivity index (χ0n) is 21.7. The molecule has 0 bridgehead atoms. The van der Waals surface area contributed by atoms with Crippen LogP contribution in [0.15, 0.2) is 24.3 Å². The van der Waals surface area contributed by atoms with E-state index in [1.165, 1.54) is 37.7 Å². The van der Waals surface area contributed by atoms with Gasteiger partial charge in [0.2, 0.25) is 11.8 Å². The fourth-order valence-electron chi connectivity index (χ4n) is 4.90. The number of esters is 1. The Morgan fingerprint density at radius 2 is 1.66 bits per heavy atom. The number of nitrogens with one attached hydrogen (secondary N) is 2. The molecule has 35 heavy (non-hydrogen) atoms. The monoisotopic (exact) mass is 485 g/mol. The van der Waals surface area contributed by atoms with Crippen molar-refractivity contribution in [2.24, 2.45) is 0 Å². The number of likely N-dealkylation sites (tertiary alicyclic amines) is 1. The number of piperidine rings is 2. The molecule has 0 radical (unpaired) electrons. The average molecular weight is 486 g/mol. The van der Waals surface area contributed by atoms with Crippen molar-refractivity contribution < 1.29 is 19.1 Å². The van der Waals surface area contributed by atoms with Gasteiger partial charge < -0.3 is 15.0 Å². The van der Waals surface area contributed by atoms with Gasteiger partial charge in [-0.25, -0.2) is 0 Å². The maximum atomic E-state index is 11.9. The Labute approximate surface area is 210 Å². The Balaban J connectivity index is 1.26. The maximum Gasteiger partial charge on any atom is 0.306 e. The smallest absolute Gasteiger partial charge is 0.306 e. The van der Waals surface area contributed by atoms with Gasteiger partial charge in [0.25, 0.3) is 0 Å². The second-order valence-corrected chi connectivity index (χ2v) is 11.0. The van der Waals surface area contributed by atoms with Crippen LogP contribution in [0.25, 0.3) is 0 Å². The molecule has 7 nitrogen and oxygen atoms in total. The number of benzene rings is 1. The third-order valence-electron chi connectivity index (χ3n) is 6.83. The Bertz CT molecular complexity index is 839. The van der Waals surface area contributed by atoms with Gasteiger partial charge >= 0.3 is 5.97 Å². The van der Waals surface area contributed by atoms with Gasteiger partial charge in [-0.1, -0.05) is 31.4 Å². The number of anilines is 1. The van der Waals surface area contributed by atoms with Crippen molar-refractivity contribution in [1.82, 2.24) is 10.2 Å². The summed E-state index contributed by atoms with van der Waals surface area (Å²) < 4.78 is 5.36. The van der Waals surface area contributed by atoms with Crippen LogP contribution in [-0.2, 0) is 19.1 Å². The zero-order chi connectivity index (χ0) is 25.3. The van der Waals surface area contributed by atoms with E-state index in [0.717, 1.165) is 38.2 Å². The highest BCUT2D eigenvalue weighted by Crippen LogP contribution is 2.29. The molecule has 2 amide bonds. The third kappa shape index (κ3) is 9.63. The number of hydrogen-bond donors (Lipinski definition) is 2. The molecule has 2 fully saturated rings. The van der Waals surface area contributed by atoms with Crippen LogP contribution in [0.3, 0.4) is 0 Å². The first-order valence-electron chi connectivity index (χ1n) is 13.3. The lowest BCUT2D eigenvalue weighted by Crippen LogP contribution is -2.47. The van der Waals surface area contributed by atoms with Gasteiger partial charge in [-0.05, 0) is 96.1 Å². The minimum atomic E-state index is -0.386. The normalized spacial score (nSPS) is 19.9. The molecule has 2 saturated heterocycles. The predicted molar refractivity (Wildman–Crippen MR) is 138 cm³/mol. The van der Waals surface area contributed by atoms with Crippen molar-refractivity contribution in [3.63, 3.8) is 0 Å². The fraction of sp³-hybridized carbons (Fsp3) is 0.679. The zero-order valence-corrected chi connectivity index (χ0v) is 21.7. The molecule has 2 heterocycles. The Morgan fingerprint density at radius 3 is 2.31 bits per heavy atom. The molecular formula is C28H43N3O4. The lowest BCUT2D eigenvalue weighted by atomic mass is 9.89. The highest BCUT2D eigenvalue weighted by molar-refractivity contribution is 6.01. The van der Waals surface area contributed by atoms with Crippen LogP contribution < -0.4 is 10.6 Å². The van der Waals surface area contributed by atoms with E-state index in [2.05, 4.69) is 27.7 Å². The van der Waals surface area contributed by atoms with Gasteiger partial charge in [0.05, 0.1) is 0 Å². The molecule has 1 atom stereocenters. The van der Waals surface area contributed by atoms with Crippen LogP contribution in [0.4, 0.5) is 5.69 Å². The number of unbranched alkanes of at least 4 members (excludes halogenated alkanes) is 4. The molecule has 2 aliphatic heterocycles. The molecule has 7 heteroatoms. The second kappa shape index (κ2) is 13.1. The summed E-state index contributed by atoms with van der Waals surface area (Å²) in [6.45, 7) is 9.17. The van der Waals surface area contributed by atoms with Gasteiger partial charge in [-0.2, -0.15) is 0 Å². The number of carbonyl (C=O) groups is 3. The van der Waals surface area contributed by atoms with E-state index < -0.39 is 0 Å². The van der Waals surface area contributed by atoms with Crippen molar-refractivity contribution in [3.8, 4) is 0 Å². The highest BCUT2D eigenvalue weighted by Gasteiger charge is 2.26. The molecule has 0 aliphatic carbocycles. The second-order valence-electron chi connectivity index (χ2n) is 11.0. The van der Waals surface area contributed by atoms with Gasteiger partial charge in [0.1, 0.15) is 11.6 Å². The number of carbonyl (C=O) groups excluding carboxylic acids is 3. The first-order chi connectivity index (χ1) is 16.7. The van der Waals surface area contributed by atoms with E-state index in [1.807, 2.05) is 32.9 Å². The number of imide groups is 1. The summed E-state index contributed by atoms with van der Waals surface area (Å²) in [5.74, 6) is 0.0767. The van der Waals surface area contributed by atoms with Crippen LogP contribution in [0.5, 0.6) is 0 Å². The minimum Gasteiger partial charge on any atom is -0.460 e. The summed E-state index contributed by atoms with van der Waals surface area (Å²) in [5, 5.41) is 5.64. The van der Waals surface area contributed by atoms with E-state index in [0.29, 0.717) is 25.2 Å². The standard InChI is InChI=1S/C28H43N3O4/c1-28(2,3)35-26(33)9-7-5-4-6-8-18-31-19-16-22(17-20-31)21-10-12-23(13-11-21)29-24-14-15-25(32)30-27(24)34/h10-13,22,24,29H,4-9,14-20H2,1-3H3,(H,30,32,34)/t24-/m1/s1. The summed E-state index contributed by atoms with van der Waals surface area (Å²) in [4.78, 5) is 37.6. The molecule has 0 unspecified atom stereocenters. The molecule has 2 aliphatic rings. The van der Waals surface area contributed by atoms with Crippen LogP contribution in [0.2, 0.25) is 0 Å². The van der Waals surface area contributed by atoms with Gasteiger partial charge in [-0.15, -0.1) is 0 Å². The molecule has 1 aromatic carbocycles. The molecule has 3 rings (SSSR count). The Morgan fingerprint density at radius 1 is 1.00 bits per heavy atom. The van der Waals surface area contributed by atoms with Crippen molar-refractivity contribution in [2.75, 3.05) is 25.0 Å². The van der Waals surface area contributed by atoms with E-state index in [4.69, 9.17) is 4.74 Å². The Kier molecular flexibility index (Phi) is 10.1. The highest BCUT2D eigenvalue weighted by atomic mass is 16.6. The van der Waals surface area contributed by atoms with E-state index in [9.17, 15) is 14.4 Å². The SMILES string of the molecule is CC(C)(C)OC(=O)CCCCCCCN1CCC(c2ccc(N[C@@H]3CCC(=O)NC3=O)cc2)CC1. The van der Waals surface area contributed by atoms with Crippen molar-refractivity contribution in [1.29, 1.82) is 0 Å². The van der Waals surface area contributed by atoms with E-state index >= 15 is 0 Å². The first kappa shape index (κ1) is 27.2. The fourth-order valence-corrected chi connectivity index (χ4v) is 4.90. The summed E-state index contributed by atoms with van der Waals surface area (Å²) in [6, 6.07) is 8.10. The largest absolute Gasteiger partial charge is 0.460 e. The Hall–Kier alpha value is -2.41. The van der Waals surface area contributed by atoms with Crippen LogP contribution in [-0.4, -0.2) is 54.0 Å². The van der Waals surface area contributed by atoms with E-state index in [-0.39, 0.29) is 29.4 Å². The molecule has 1 aromatic rings. The van der Waals surface area contributed by atoms with Crippen LogP contribution in [0, 0.1) is 0 Å². The number of rotatable bonds is 11. The summed E-state index contributed by atoms with van der Waals surface area (Å²) in [7, 11) is 0. The lowest BCUT2D eigenvalue weighted by Gasteiger charge is -2.32. The number of nitrogens with zero attached hydrogens (tertiary/aromatic N) is 1. The summed E-state index contributed by atoms with van der Waals surface area (Å²) >= 11 is 0.